The van der Waals surface area contributed by atoms with Crippen LogP contribution in [0.15, 0.2) is 64.6 Å². The number of nitrogens with two attached hydrogens (primary N) is 5. The van der Waals surface area contributed by atoms with Crippen molar-refractivity contribution in [3.63, 3.8) is 0 Å². The van der Waals surface area contributed by atoms with Gasteiger partial charge in [-0.15, -0.1) is 0 Å². The molecule has 2 aliphatic heterocycles. The molecular formula is C52H72FN13O9. The van der Waals surface area contributed by atoms with E-state index in [0.717, 1.165) is 16.7 Å². The van der Waals surface area contributed by atoms with Crippen LogP contribution < -0.4 is 55.3 Å². The van der Waals surface area contributed by atoms with Crippen molar-refractivity contribution >= 4 is 70.4 Å². The Morgan fingerprint density at radius 2 is 1.47 bits per heavy atom. The van der Waals surface area contributed by atoms with Crippen LogP contribution in [0.3, 0.4) is 0 Å². The van der Waals surface area contributed by atoms with E-state index in [-0.39, 0.29) is 121 Å². The number of hydrogen-bond donors (Lipinski definition) is 10. The zero-order valence-corrected chi connectivity index (χ0v) is 42.5. The number of primary amides is 1. The van der Waals surface area contributed by atoms with Gasteiger partial charge in [0.15, 0.2) is 17.7 Å². The van der Waals surface area contributed by atoms with E-state index in [4.69, 9.17) is 28.7 Å². The lowest BCUT2D eigenvalue weighted by Crippen LogP contribution is -2.59. The molecule has 2 saturated heterocycles. The Labute approximate surface area is 435 Å². The number of aliphatic imine (C=N–C) groups is 2. The number of nitrogens with zero attached hydrogens (tertiary/aromatic N) is 3. The van der Waals surface area contributed by atoms with Crippen molar-refractivity contribution in [1.82, 2.24) is 31.5 Å². The largest absolute Gasteiger partial charge is 0.370 e. The highest BCUT2D eigenvalue weighted by molar-refractivity contribution is 5.98. The van der Waals surface area contributed by atoms with E-state index in [1.807, 2.05) is 30.3 Å². The fraction of sp³-hybridized carbons (Fsp3) is 0.519. The van der Waals surface area contributed by atoms with Gasteiger partial charge in [-0.3, -0.25) is 53.1 Å². The smallest absolute Gasteiger partial charge is 0.245 e. The molecule has 2 heterocycles. The Kier molecular flexibility index (Phi) is 22.2. The monoisotopic (exact) mass is 1040 g/mol. The van der Waals surface area contributed by atoms with Gasteiger partial charge in [-0.1, -0.05) is 48.9 Å². The van der Waals surface area contributed by atoms with Crippen LogP contribution in [0.25, 0.3) is 5.57 Å². The lowest BCUT2D eigenvalue weighted by Gasteiger charge is -2.31. The fourth-order valence-corrected chi connectivity index (χ4v) is 9.61. The second-order valence-electron chi connectivity index (χ2n) is 19.3. The number of hydrogen-bond acceptors (Lipinski definition) is 11. The second-order valence-corrected chi connectivity index (χ2v) is 19.3. The van der Waals surface area contributed by atoms with Crippen molar-refractivity contribution in [3.05, 3.63) is 77.1 Å². The van der Waals surface area contributed by atoms with Gasteiger partial charge < -0.3 is 60.2 Å². The van der Waals surface area contributed by atoms with Crippen molar-refractivity contribution < 1.29 is 47.5 Å². The minimum atomic E-state index is -1.41. The molecule has 7 amide bonds. The first-order chi connectivity index (χ1) is 35.8. The maximum atomic E-state index is 14.7. The minimum Gasteiger partial charge on any atom is -0.370 e. The molecule has 0 saturated carbocycles. The van der Waals surface area contributed by atoms with Crippen LogP contribution in [0.4, 0.5) is 4.39 Å². The second kappa shape index (κ2) is 28.7. The number of fused-ring (bicyclic) bond motifs is 2. The van der Waals surface area contributed by atoms with Crippen LogP contribution in [0.1, 0.15) is 114 Å². The first kappa shape index (κ1) is 58.2. The van der Waals surface area contributed by atoms with Gasteiger partial charge in [-0.25, -0.2) is 4.39 Å². The lowest BCUT2D eigenvalue weighted by atomic mass is 9.88. The van der Waals surface area contributed by atoms with Gasteiger partial charge in [0.2, 0.25) is 41.4 Å². The first-order valence-electron chi connectivity index (χ1n) is 25.5. The molecule has 23 heteroatoms. The van der Waals surface area contributed by atoms with Crippen molar-refractivity contribution in [2.24, 2.45) is 44.6 Å². The molecule has 3 aliphatic rings. The molecule has 75 heavy (non-hydrogen) atoms. The Bertz CT molecular complexity index is 2490. The van der Waals surface area contributed by atoms with Gasteiger partial charge in [0.25, 0.3) is 0 Å². The average molecular weight is 1040 g/mol. The first-order valence-corrected chi connectivity index (χ1v) is 25.5. The van der Waals surface area contributed by atoms with Crippen LogP contribution in [0, 0.1) is 11.7 Å². The van der Waals surface area contributed by atoms with E-state index in [2.05, 4.69) is 36.6 Å². The molecule has 22 nitrogen and oxygen atoms in total. The number of guanidine groups is 2. The van der Waals surface area contributed by atoms with E-state index >= 15 is 0 Å². The molecular weight excluding hydrogens is 970 g/mol. The van der Waals surface area contributed by atoms with E-state index in [0.29, 0.717) is 18.4 Å². The molecule has 0 bridgehead atoms. The molecule has 2 aromatic carbocycles. The van der Waals surface area contributed by atoms with Crippen LogP contribution >= 0.6 is 0 Å². The number of allylic oxidation sites excluding steroid dienone is 2. The van der Waals surface area contributed by atoms with Crippen molar-refractivity contribution in [1.29, 1.82) is 0 Å². The topological polar surface area (TPSA) is 372 Å². The normalized spacial score (nSPS) is 22.7. The van der Waals surface area contributed by atoms with E-state index in [1.165, 1.54) is 36.1 Å². The molecule has 0 radical (unpaired) electrons. The summed E-state index contributed by atoms with van der Waals surface area (Å²) in [7, 11) is 0. The summed E-state index contributed by atoms with van der Waals surface area (Å²) < 4.78 is 14.1. The highest BCUT2D eigenvalue weighted by Gasteiger charge is 2.40. The van der Waals surface area contributed by atoms with E-state index in [1.54, 1.807) is 0 Å². The van der Waals surface area contributed by atoms with Crippen molar-refractivity contribution in [2.75, 3.05) is 19.6 Å². The number of Topliss-reactive ketones (excluding diaryl/α,β-unsaturated/α-hetero) is 2. The predicted octanol–water partition coefficient (Wildman–Crippen LogP) is -0.0759. The molecule has 0 unspecified atom stereocenters. The maximum absolute atomic E-state index is 14.7. The number of rotatable bonds is 16. The number of nitrogens with one attached hydrogen (secondary N) is 5. The molecule has 0 aromatic heterocycles. The summed E-state index contributed by atoms with van der Waals surface area (Å²) in [5.41, 5.74) is 31.1. The SMILES string of the molecule is CC(=O)N[C@@H](CCCN=C(N)N)C(=O)N[C@H]1CCC(=O)CCCC[C@@H](C(N)=O)NC(=O)[C@H](CC2=CCc3ccccc32)CC(=O)[C@H](CCCN=C(N)N)NC(=O)[C@@H](Cc2ccc(F)cc2)NC(=O)[C@@H]2CCCN2C1=O. The highest BCUT2D eigenvalue weighted by Crippen LogP contribution is 2.33. The predicted molar refractivity (Wildman–Crippen MR) is 278 cm³/mol. The molecule has 5 rings (SSSR count). The number of carbonyl (C=O) groups excluding carboxylic acids is 9. The third-order valence-electron chi connectivity index (χ3n) is 13.5. The number of benzene rings is 2. The van der Waals surface area contributed by atoms with Gasteiger partial charge in [-0.05, 0) is 105 Å². The van der Waals surface area contributed by atoms with Crippen LogP contribution in [-0.4, -0.2) is 126 Å². The lowest BCUT2D eigenvalue weighted by molar-refractivity contribution is -0.143. The summed E-state index contributed by atoms with van der Waals surface area (Å²) in [6, 6.07) is 5.41. The number of ketones is 2. The van der Waals surface area contributed by atoms with Crippen molar-refractivity contribution in [2.45, 2.75) is 146 Å². The molecule has 2 aromatic rings. The van der Waals surface area contributed by atoms with Crippen LogP contribution in [0.5, 0.6) is 0 Å². The van der Waals surface area contributed by atoms with E-state index in [9.17, 15) is 47.5 Å². The Hall–Kier alpha value is -7.72. The summed E-state index contributed by atoms with van der Waals surface area (Å²) >= 11 is 0. The molecule has 2 fully saturated rings. The summed E-state index contributed by atoms with van der Waals surface area (Å²) in [5, 5.41) is 13.6. The zero-order chi connectivity index (χ0) is 54.6. The van der Waals surface area contributed by atoms with Crippen molar-refractivity contribution in [3.8, 4) is 0 Å². The van der Waals surface area contributed by atoms with Gasteiger partial charge >= 0.3 is 0 Å². The Morgan fingerprint density at radius 3 is 2.16 bits per heavy atom. The molecule has 15 N–H and O–H groups in total. The fourth-order valence-electron chi connectivity index (χ4n) is 9.61. The summed E-state index contributed by atoms with van der Waals surface area (Å²) in [4.78, 5) is 135. The van der Waals surface area contributed by atoms with Gasteiger partial charge in [0.1, 0.15) is 41.8 Å². The van der Waals surface area contributed by atoms with Gasteiger partial charge in [0, 0.05) is 58.2 Å². The maximum Gasteiger partial charge on any atom is 0.245 e. The number of amides is 7. The molecule has 1 aliphatic carbocycles. The van der Waals surface area contributed by atoms with Gasteiger partial charge in [-0.2, -0.15) is 0 Å². The van der Waals surface area contributed by atoms with Crippen LogP contribution in [0.2, 0.25) is 0 Å². The third-order valence-corrected chi connectivity index (χ3v) is 13.5. The number of halogens is 1. The Balaban J connectivity index is 1.51. The van der Waals surface area contributed by atoms with E-state index < -0.39 is 102 Å². The average Bonchev–Trinajstić information content (AvgIpc) is 4.03. The highest BCUT2D eigenvalue weighted by atomic mass is 19.1. The number of carbonyl (C=O) groups is 9. The molecule has 7 atom stereocenters. The summed E-state index contributed by atoms with van der Waals surface area (Å²) in [5.74, 6) is -7.74. The summed E-state index contributed by atoms with van der Waals surface area (Å²) in [6.45, 7) is 1.52. The third kappa shape index (κ3) is 18.3. The Morgan fingerprint density at radius 1 is 0.773 bits per heavy atom. The molecule has 406 valence electrons. The minimum absolute atomic E-state index is 0.00184. The summed E-state index contributed by atoms with van der Waals surface area (Å²) in [6.07, 6.45) is 3.38. The standard InChI is InChI=1S/C52H72FN13O9/c1-30(67)61-40(14-7-25-60-52(57)58)47(72)64-41-23-22-36(68)10-3-5-12-39(45(54)70)63-46(71)34(28-33-19-18-32-9-2-4-11-37(32)33)29-44(69)38(13-6-24-59-51(55)56)62-48(73)42(27-31-16-20-35(53)21-17-31)65-49(74)43-15-8-26-66(43)50(41)75/h2,4,9,11,16-17,19-21,34,38-43H,3,5-8,10,12-15,18,22-29H2,1H3,(H2,54,70)(H,61,67)(H,62,73)(H,63,71)(H,64,72)(H,65,74)(H4,55,56,59)(H4,57,58,60)/t34-,38+,39+,40+,41+,42-,43+/m1/s1. The van der Waals surface area contributed by atoms with Gasteiger partial charge in [0.05, 0.1) is 6.04 Å². The molecule has 0 spiro atoms. The van der Waals surface area contributed by atoms with Crippen LogP contribution in [-0.2, 0) is 56.0 Å². The zero-order valence-electron chi connectivity index (χ0n) is 42.5. The quantitative estimate of drug-likeness (QED) is 0.0599.